The molecule has 0 aliphatic heterocycles. The van der Waals surface area contributed by atoms with Gasteiger partial charge < -0.3 is 10.6 Å². The van der Waals surface area contributed by atoms with E-state index >= 15 is 0 Å². The number of H-pyrrole nitrogens is 1. The smallest absolute Gasteiger partial charge is 0.382 e. The van der Waals surface area contributed by atoms with Crippen molar-refractivity contribution in [1.29, 1.82) is 0 Å². The van der Waals surface area contributed by atoms with Gasteiger partial charge in [-0.2, -0.15) is 18.3 Å². The third kappa shape index (κ3) is 4.52. The van der Waals surface area contributed by atoms with E-state index in [1.807, 2.05) is 12.1 Å². The maximum Gasteiger partial charge on any atom is 0.433 e. The molecule has 1 amide bonds. The minimum absolute atomic E-state index is 0.0157. The van der Waals surface area contributed by atoms with Crippen LogP contribution >= 0.6 is 11.6 Å². The SMILES string of the molecule is O=C(N[C@H]1CC[C@@H](Nc2cc(C(F)(F)F)nc3ccc(Cl)cc23)CC1)c1cccc2cn[nH]c12. The molecule has 0 atom stereocenters. The topological polar surface area (TPSA) is 82.7 Å². The van der Waals surface area contributed by atoms with E-state index in [-0.39, 0.29) is 23.5 Å². The van der Waals surface area contributed by atoms with Crippen molar-refractivity contribution in [3.05, 3.63) is 64.9 Å². The fraction of sp³-hybridized carbons (Fsp3) is 0.292. The molecule has 176 valence electrons. The highest BCUT2D eigenvalue weighted by Crippen LogP contribution is 2.35. The average molecular weight is 488 g/mol. The maximum atomic E-state index is 13.4. The van der Waals surface area contributed by atoms with Crippen molar-refractivity contribution in [2.45, 2.75) is 43.9 Å². The molecule has 1 aliphatic rings. The lowest BCUT2D eigenvalue weighted by Crippen LogP contribution is -2.40. The molecule has 1 saturated carbocycles. The van der Waals surface area contributed by atoms with Gasteiger partial charge in [0.1, 0.15) is 5.69 Å². The molecule has 0 unspecified atom stereocenters. The van der Waals surface area contributed by atoms with Crippen LogP contribution in [0.4, 0.5) is 18.9 Å². The highest BCUT2D eigenvalue weighted by molar-refractivity contribution is 6.31. The molecule has 0 radical (unpaired) electrons. The number of halogens is 4. The predicted octanol–water partition coefficient (Wildman–Crippen LogP) is 5.94. The second kappa shape index (κ2) is 8.79. The molecular formula is C24H21ClF3N5O. The summed E-state index contributed by atoms with van der Waals surface area (Å²) in [6.07, 6.45) is -0.0702. The van der Waals surface area contributed by atoms with Gasteiger partial charge in [0.2, 0.25) is 0 Å². The molecule has 1 fully saturated rings. The number of carbonyl (C=O) groups is 1. The van der Waals surface area contributed by atoms with Gasteiger partial charge in [-0.3, -0.25) is 9.89 Å². The van der Waals surface area contributed by atoms with Crippen molar-refractivity contribution in [2.75, 3.05) is 5.32 Å². The van der Waals surface area contributed by atoms with Gasteiger partial charge in [-0.1, -0.05) is 23.7 Å². The Morgan fingerprint density at radius 3 is 2.59 bits per heavy atom. The number of carbonyl (C=O) groups excluding carboxylic acids is 1. The summed E-state index contributed by atoms with van der Waals surface area (Å²) in [7, 11) is 0. The van der Waals surface area contributed by atoms with Crippen LogP contribution in [0.15, 0.2) is 48.7 Å². The fourth-order valence-corrected chi connectivity index (χ4v) is 4.66. The van der Waals surface area contributed by atoms with Gasteiger partial charge in [0.05, 0.1) is 22.8 Å². The van der Waals surface area contributed by atoms with Crippen molar-refractivity contribution < 1.29 is 18.0 Å². The Morgan fingerprint density at radius 2 is 1.82 bits per heavy atom. The van der Waals surface area contributed by atoms with Crippen LogP contribution in [0.3, 0.4) is 0 Å². The first-order valence-corrected chi connectivity index (χ1v) is 11.3. The summed E-state index contributed by atoms with van der Waals surface area (Å²) in [6, 6.07) is 11.1. The van der Waals surface area contributed by atoms with Crippen LogP contribution in [-0.4, -0.2) is 33.2 Å². The third-order valence-corrected chi connectivity index (χ3v) is 6.44. The molecule has 2 aromatic carbocycles. The van der Waals surface area contributed by atoms with Crippen molar-refractivity contribution in [3.8, 4) is 0 Å². The summed E-state index contributed by atoms with van der Waals surface area (Å²) in [5.41, 5.74) is 0.877. The number of nitrogens with zero attached hydrogens (tertiary/aromatic N) is 2. The standard InChI is InChI=1S/C24H21ClF3N5O/c25-14-4-9-19-18(10-14)20(11-21(32-19)24(26,27)28)30-15-5-7-16(8-6-15)31-23(34)17-3-1-2-13-12-29-33-22(13)17/h1-4,9-12,15-16H,5-8H2,(H,29,33)(H,30,32)(H,31,34)/t15-,16+. The second-order valence-corrected chi connectivity index (χ2v) is 8.96. The lowest BCUT2D eigenvalue weighted by molar-refractivity contribution is -0.140. The van der Waals surface area contributed by atoms with E-state index in [0.29, 0.717) is 52.9 Å². The molecule has 5 rings (SSSR count). The zero-order chi connectivity index (χ0) is 23.9. The van der Waals surface area contributed by atoms with E-state index in [2.05, 4.69) is 25.8 Å². The van der Waals surface area contributed by atoms with E-state index in [1.54, 1.807) is 18.3 Å². The van der Waals surface area contributed by atoms with E-state index in [0.717, 1.165) is 11.5 Å². The average Bonchev–Trinajstić information content (AvgIpc) is 3.29. The molecule has 2 heterocycles. The predicted molar refractivity (Wildman–Crippen MR) is 125 cm³/mol. The first-order valence-electron chi connectivity index (χ1n) is 10.9. The minimum Gasteiger partial charge on any atom is -0.382 e. The first-order chi connectivity index (χ1) is 16.3. The van der Waals surface area contributed by atoms with E-state index in [4.69, 9.17) is 11.6 Å². The van der Waals surface area contributed by atoms with E-state index < -0.39 is 11.9 Å². The molecule has 6 nitrogen and oxygen atoms in total. The molecule has 10 heteroatoms. The quantitative estimate of drug-likeness (QED) is 0.333. The summed E-state index contributed by atoms with van der Waals surface area (Å²) in [5, 5.41) is 15.0. The molecule has 0 spiro atoms. The van der Waals surface area contributed by atoms with E-state index in [9.17, 15) is 18.0 Å². The lowest BCUT2D eigenvalue weighted by atomic mass is 9.90. The number of alkyl halides is 3. The molecule has 4 aromatic rings. The highest BCUT2D eigenvalue weighted by Gasteiger charge is 2.34. The summed E-state index contributed by atoms with van der Waals surface area (Å²) in [5.74, 6) is -0.171. The molecule has 3 N–H and O–H groups in total. The third-order valence-electron chi connectivity index (χ3n) is 6.20. The van der Waals surface area contributed by atoms with Crippen LogP contribution < -0.4 is 10.6 Å². The zero-order valence-electron chi connectivity index (χ0n) is 17.9. The normalized spacial score (nSPS) is 18.8. The Balaban J connectivity index is 1.28. The van der Waals surface area contributed by atoms with Gasteiger partial charge in [0.25, 0.3) is 5.91 Å². The number of hydrogen-bond acceptors (Lipinski definition) is 4. The molecule has 0 bridgehead atoms. The van der Waals surface area contributed by atoms with Gasteiger partial charge in [0, 0.05) is 33.6 Å². The number of amides is 1. The number of fused-ring (bicyclic) bond motifs is 2. The van der Waals surface area contributed by atoms with Gasteiger partial charge in [0.15, 0.2) is 0 Å². The van der Waals surface area contributed by atoms with Crippen molar-refractivity contribution in [2.24, 2.45) is 0 Å². The zero-order valence-corrected chi connectivity index (χ0v) is 18.7. The van der Waals surface area contributed by atoms with Gasteiger partial charge >= 0.3 is 6.18 Å². The Kier molecular flexibility index (Phi) is 5.81. The second-order valence-electron chi connectivity index (χ2n) is 8.52. The molecule has 1 aliphatic carbocycles. The largest absolute Gasteiger partial charge is 0.433 e. The van der Waals surface area contributed by atoms with Crippen molar-refractivity contribution >= 4 is 45.0 Å². The Hall–Kier alpha value is -3.33. The highest BCUT2D eigenvalue weighted by atomic mass is 35.5. The van der Waals surface area contributed by atoms with E-state index in [1.165, 1.54) is 12.1 Å². The Labute approximate surface area is 197 Å². The van der Waals surface area contributed by atoms with Crippen molar-refractivity contribution in [1.82, 2.24) is 20.5 Å². The number of para-hydroxylation sites is 1. The lowest BCUT2D eigenvalue weighted by Gasteiger charge is -2.31. The van der Waals surface area contributed by atoms with Crippen LogP contribution in [-0.2, 0) is 6.18 Å². The summed E-state index contributed by atoms with van der Waals surface area (Å²) in [6.45, 7) is 0. The van der Waals surface area contributed by atoms with Gasteiger partial charge in [-0.15, -0.1) is 0 Å². The van der Waals surface area contributed by atoms with Gasteiger partial charge in [-0.25, -0.2) is 4.98 Å². The number of anilines is 1. The number of benzene rings is 2. The summed E-state index contributed by atoms with van der Waals surface area (Å²) < 4.78 is 40.1. The number of hydrogen-bond donors (Lipinski definition) is 3. The number of nitrogens with one attached hydrogen (secondary N) is 3. The summed E-state index contributed by atoms with van der Waals surface area (Å²) in [4.78, 5) is 16.6. The molecule has 34 heavy (non-hydrogen) atoms. The van der Waals surface area contributed by atoms with Crippen LogP contribution in [0.2, 0.25) is 5.02 Å². The number of pyridine rings is 1. The van der Waals surface area contributed by atoms with Crippen LogP contribution in [0.25, 0.3) is 21.8 Å². The summed E-state index contributed by atoms with van der Waals surface area (Å²) >= 11 is 6.09. The number of aromatic nitrogens is 3. The molecular weight excluding hydrogens is 467 g/mol. The van der Waals surface area contributed by atoms with Crippen LogP contribution in [0.1, 0.15) is 41.7 Å². The molecule has 2 aromatic heterocycles. The Morgan fingerprint density at radius 1 is 1.06 bits per heavy atom. The fourth-order valence-electron chi connectivity index (χ4n) is 4.49. The van der Waals surface area contributed by atoms with Crippen LogP contribution in [0, 0.1) is 0 Å². The van der Waals surface area contributed by atoms with Crippen molar-refractivity contribution in [3.63, 3.8) is 0 Å². The molecule has 0 saturated heterocycles. The number of aromatic amines is 1. The van der Waals surface area contributed by atoms with Gasteiger partial charge in [-0.05, 0) is 56.0 Å². The minimum atomic E-state index is -4.55. The number of rotatable bonds is 4. The monoisotopic (exact) mass is 487 g/mol. The Bertz CT molecular complexity index is 1360. The maximum absolute atomic E-state index is 13.4. The van der Waals surface area contributed by atoms with Crippen LogP contribution in [0.5, 0.6) is 0 Å². The first kappa shape index (κ1) is 22.5.